The molecule has 0 spiro atoms. The number of imidazole rings is 1. The summed E-state index contributed by atoms with van der Waals surface area (Å²) in [6.07, 6.45) is 1.54. The van der Waals surface area contributed by atoms with Crippen molar-refractivity contribution in [1.29, 1.82) is 5.41 Å². The number of nitrogens with two attached hydrogens (primary N) is 2. The molecular formula is C26H27Cl3N6O. The molecular weight excluding hydrogens is 519 g/mol. The first-order chi connectivity index (χ1) is 17.2. The highest BCUT2D eigenvalue weighted by molar-refractivity contribution is 6.42. The van der Waals surface area contributed by atoms with Gasteiger partial charge in [-0.1, -0.05) is 71.2 Å². The maximum absolute atomic E-state index is 10.9. The number of rotatable bonds is 9. The minimum absolute atomic E-state index is 0.131. The average molecular weight is 546 g/mol. The van der Waals surface area contributed by atoms with Crippen molar-refractivity contribution in [1.82, 2.24) is 14.1 Å². The topological polar surface area (TPSA) is 109 Å². The van der Waals surface area contributed by atoms with E-state index in [9.17, 15) is 5.11 Å². The van der Waals surface area contributed by atoms with Crippen molar-refractivity contribution in [2.45, 2.75) is 25.6 Å². The Bertz CT molecular complexity index is 1450. The molecule has 0 saturated heterocycles. The van der Waals surface area contributed by atoms with Crippen LogP contribution in [0.3, 0.4) is 0 Å². The highest BCUT2D eigenvalue weighted by atomic mass is 35.5. The molecule has 0 aliphatic heterocycles. The second-order valence-corrected chi connectivity index (χ2v) is 9.77. The Morgan fingerprint density at radius 2 is 1.72 bits per heavy atom. The Labute approximate surface area is 224 Å². The molecule has 0 aliphatic carbocycles. The third-order valence-corrected chi connectivity index (χ3v) is 6.86. The van der Waals surface area contributed by atoms with Crippen LogP contribution in [0.25, 0.3) is 11.0 Å². The fourth-order valence-corrected chi connectivity index (χ4v) is 4.53. The maximum Gasteiger partial charge on any atom is 0.203 e. The number of hydrogen-bond acceptors (Lipinski definition) is 5. The van der Waals surface area contributed by atoms with Crippen LogP contribution in [0.5, 0.6) is 0 Å². The molecule has 6 N–H and O–H groups in total. The number of nitrogens with zero attached hydrogens (tertiary/aromatic N) is 3. The van der Waals surface area contributed by atoms with E-state index in [0.29, 0.717) is 32.9 Å². The van der Waals surface area contributed by atoms with Crippen molar-refractivity contribution in [3.05, 3.63) is 110 Å². The molecule has 0 saturated carbocycles. The number of allylic oxidation sites excluding steroid dienone is 1. The summed E-state index contributed by atoms with van der Waals surface area (Å²) in [6, 6.07) is 20.4. The van der Waals surface area contributed by atoms with E-state index in [2.05, 4.69) is 0 Å². The van der Waals surface area contributed by atoms with Crippen molar-refractivity contribution in [2.75, 3.05) is 6.54 Å². The molecule has 0 bridgehead atoms. The lowest BCUT2D eigenvalue weighted by Crippen LogP contribution is -2.31. The first-order valence-corrected chi connectivity index (χ1v) is 12.4. The van der Waals surface area contributed by atoms with Crippen LogP contribution < -0.4 is 17.2 Å². The highest BCUT2D eigenvalue weighted by Gasteiger charge is 2.17. The largest absolute Gasteiger partial charge is 0.399 e. The standard InChI is InChI=1S/C26H27Cl3N6O/c27-19-7-9-23-24(13-19)34(15-20(30)14-33(32)11-10-17-4-2-1-3-5-17)26(31)35(23)16-25(36)18-6-8-21(28)22(29)12-18/h1-9,12-14,25,31,36H,10-11,15-16,30,32H2/b20-14-,31-26?. The average Bonchev–Trinajstić information content (AvgIpc) is 3.10. The molecule has 4 rings (SSSR count). The predicted molar refractivity (Wildman–Crippen MR) is 146 cm³/mol. The van der Waals surface area contributed by atoms with Gasteiger partial charge in [0.1, 0.15) is 0 Å². The second-order valence-electron chi connectivity index (χ2n) is 8.52. The van der Waals surface area contributed by atoms with Crippen LogP contribution in [-0.2, 0) is 19.5 Å². The van der Waals surface area contributed by atoms with Gasteiger partial charge in [0.25, 0.3) is 0 Å². The summed E-state index contributed by atoms with van der Waals surface area (Å²) < 4.78 is 3.45. The third-order valence-electron chi connectivity index (χ3n) is 5.89. The van der Waals surface area contributed by atoms with Gasteiger partial charge in [-0.15, -0.1) is 0 Å². The molecule has 188 valence electrons. The van der Waals surface area contributed by atoms with Crippen LogP contribution in [0.15, 0.2) is 78.6 Å². The van der Waals surface area contributed by atoms with Gasteiger partial charge in [-0.2, -0.15) is 0 Å². The van der Waals surface area contributed by atoms with Gasteiger partial charge in [0.2, 0.25) is 5.62 Å². The van der Waals surface area contributed by atoms with Crippen molar-refractivity contribution in [2.24, 2.45) is 11.6 Å². The molecule has 1 aromatic heterocycles. The smallest absolute Gasteiger partial charge is 0.203 e. The molecule has 1 heterocycles. The summed E-state index contributed by atoms with van der Waals surface area (Å²) in [7, 11) is 0. The fourth-order valence-electron chi connectivity index (χ4n) is 4.06. The molecule has 36 heavy (non-hydrogen) atoms. The number of benzene rings is 3. The summed E-state index contributed by atoms with van der Waals surface area (Å²) in [6.45, 7) is 0.947. The van der Waals surface area contributed by atoms with Crippen LogP contribution in [-0.4, -0.2) is 25.8 Å². The number of nitrogens with one attached hydrogen (secondary N) is 1. The third kappa shape index (κ3) is 6.06. The van der Waals surface area contributed by atoms with E-state index < -0.39 is 6.10 Å². The monoisotopic (exact) mass is 544 g/mol. The van der Waals surface area contributed by atoms with Gasteiger partial charge in [-0.3, -0.25) is 5.41 Å². The first-order valence-electron chi connectivity index (χ1n) is 11.3. The van der Waals surface area contributed by atoms with Crippen molar-refractivity contribution in [3.8, 4) is 0 Å². The molecule has 7 nitrogen and oxygen atoms in total. The van der Waals surface area contributed by atoms with E-state index in [1.807, 2.05) is 36.4 Å². The molecule has 1 atom stereocenters. The van der Waals surface area contributed by atoms with Crippen LogP contribution in [0.4, 0.5) is 0 Å². The van der Waals surface area contributed by atoms with Gasteiger partial charge < -0.3 is 25.0 Å². The van der Waals surface area contributed by atoms with Crippen LogP contribution in [0.1, 0.15) is 17.2 Å². The van der Waals surface area contributed by atoms with Gasteiger partial charge in [0.05, 0.1) is 40.3 Å². The Morgan fingerprint density at radius 3 is 2.44 bits per heavy atom. The zero-order valence-electron chi connectivity index (χ0n) is 19.4. The summed E-state index contributed by atoms with van der Waals surface area (Å²) in [5.41, 5.74) is 10.2. The zero-order valence-corrected chi connectivity index (χ0v) is 21.7. The minimum atomic E-state index is -0.908. The van der Waals surface area contributed by atoms with E-state index in [1.165, 1.54) is 5.56 Å². The van der Waals surface area contributed by atoms with Crippen molar-refractivity contribution >= 4 is 45.8 Å². The first kappa shape index (κ1) is 26.1. The molecule has 0 amide bonds. The zero-order chi connectivity index (χ0) is 25.8. The second kappa shape index (κ2) is 11.4. The Kier molecular flexibility index (Phi) is 8.28. The Hall–Kier alpha value is -2.94. The number of hydrogen-bond donors (Lipinski definition) is 4. The van der Waals surface area contributed by atoms with Crippen molar-refractivity contribution < 1.29 is 5.11 Å². The number of aliphatic hydroxyl groups is 1. The SMILES string of the molecule is N=c1n(C/C(N)=C/N(N)CCc2ccccc2)c2cc(Cl)ccc2n1CC(O)c1ccc(Cl)c(Cl)c1. The number of fused-ring (bicyclic) bond motifs is 1. The quantitative estimate of drug-likeness (QED) is 0.178. The summed E-state index contributed by atoms with van der Waals surface area (Å²) in [5.74, 6) is 6.15. The molecule has 0 fully saturated rings. The van der Waals surface area contributed by atoms with Gasteiger partial charge >= 0.3 is 0 Å². The van der Waals surface area contributed by atoms with E-state index >= 15 is 0 Å². The van der Waals surface area contributed by atoms with Gasteiger partial charge in [-0.25, -0.2) is 5.84 Å². The maximum atomic E-state index is 10.9. The van der Waals surface area contributed by atoms with E-state index in [-0.39, 0.29) is 18.7 Å². The summed E-state index contributed by atoms with van der Waals surface area (Å²) in [5, 5.41) is 22.6. The summed E-state index contributed by atoms with van der Waals surface area (Å²) in [4.78, 5) is 0. The number of aromatic nitrogens is 2. The summed E-state index contributed by atoms with van der Waals surface area (Å²) >= 11 is 18.4. The molecule has 10 heteroatoms. The van der Waals surface area contributed by atoms with E-state index in [4.69, 9.17) is 51.8 Å². The number of halogens is 3. The lowest BCUT2D eigenvalue weighted by molar-refractivity contribution is 0.155. The lowest BCUT2D eigenvalue weighted by Gasteiger charge is -2.15. The van der Waals surface area contributed by atoms with Crippen LogP contribution >= 0.6 is 34.8 Å². The van der Waals surface area contributed by atoms with Crippen LogP contribution in [0, 0.1) is 5.41 Å². The highest BCUT2D eigenvalue weighted by Crippen LogP contribution is 2.27. The van der Waals surface area contributed by atoms with Gasteiger partial charge in [-0.05, 0) is 47.9 Å². The van der Waals surface area contributed by atoms with E-state index in [0.717, 1.165) is 17.5 Å². The molecule has 4 aromatic rings. The Morgan fingerprint density at radius 1 is 0.972 bits per heavy atom. The molecule has 3 aromatic carbocycles. The Balaban J connectivity index is 1.58. The van der Waals surface area contributed by atoms with E-state index in [1.54, 1.807) is 50.7 Å². The number of aliphatic hydroxyl groups excluding tert-OH is 1. The van der Waals surface area contributed by atoms with Crippen LogP contribution in [0.2, 0.25) is 15.1 Å². The molecule has 0 aliphatic rings. The number of hydrazine groups is 1. The normalized spacial score (nSPS) is 12.8. The minimum Gasteiger partial charge on any atom is -0.399 e. The van der Waals surface area contributed by atoms with Gasteiger partial charge in [0, 0.05) is 23.5 Å². The molecule has 1 unspecified atom stereocenters. The molecule has 0 radical (unpaired) electrons. The fraction of sp³-hybridized carbons (Fsp3) is 0.192. The predicted octanol–water partition coefficient (Wildman–Crippen LogP) is 4.83. The van der Waals surface area contributed by atoms with Crippen molar-refractivity contribution in [3.63, 3.8) is 0 Å². The van der Waals surface area contributed by atoms with Gasteiger partial charge in [0.15, 0.2) is 0 Å². The lowest BCUT2D eigenvalue weighted by atomic mass is 10.1.